The highest BCUT2D eigenvalue weighted by atomic mass is 31.2. The quantitative estimate of drug-likeness (QED) is 0.0222. The molecular formula is C53H102O17P2. The molecule has 0 aromatic rings. The summed E-state index contributed by atoms with van der Waals surface area (Å²) >= 11 is 0. The van der Waals surface area contributed by atoms with Crippen molar-refractivity contribution in [2.24, 2.45) is 5.92 Å². The topological polar surface area (TPSA) is 237 Å². The number of phosphoric acid groups is 2. The lowest BCUT2D eigenvalue weighted by Gasteiger charge is -2.21. The van der Waals surface area contributed by atoms with Crippen molar-refractivity contribution in [1.82, 2.24) is 0 Å². The van der Waals surface area contributed by atoms with Gasteiger partial charge in [0.1, 0.15) is 19.3 Å². The van der Waals surface area contributed by atoms with Crippen molar-refractivity contribution in [3.63, 3.8) is 0 Å². The first kappa shape index (κ1) is 70.1. The van der Waals surface area contributed by atoms with Gasteiger partial charge in [-0.2, -0.15) is 0 Å². The van der Waals surface area contributed by atoms with Gasteiger partial charge in [-0.15, -0.1) is 0 Å². The van der Waals surface area contributed by atoms with Gasteiger partial charge in [-0.05, 0) is 31.6 Å². The predicted molar refractivity (Wildman–Crippen MR) is 280 cm³/mol. The molecule has 0 saturated heterocycles. The van der Waals surface area contributed by atoms with E-state index in [0.29, 0.717) is 25.7 Å². The Morgan fingerprint density at radius 3 is 0.986 bits per heavy atom. The van der Waals surface area contributed by atoms with Gasteiger partial charge in [0.05, 0.1) is 26.4 Å². The Kier molecular flexibility index (Phi) is 46.2. The lowest BCUT2D eigenvalue weighted by molar-refractivity contribution is -0.161. The molecule has 72 heavy (non-hydrogen) atoms. The first-order chi connectivity index (χ1) is 34.6. The molecule has 0 aliphatic carbocycles. The van der Waals surface area contributed by atoms with E-state index in [2.05, 4.69) is 34.6 Å². The lowest BCUT2D eigenvalue weighted by atomic mass is 10.00. The molecule has 0 aliphatic rings. The summed E-state index contributed by atoms with van der Waals surface area (Å²) in [5.41, 5.74) is 0. The summed E-state index contributed by atoms with van der Waals surface area (Å²) in [5, 5.41) is 10.4. The van der Waals surface area contributed by atoms with Gasteiger partial charge in [-0.3, -0.25) is 37.3 Å². The Bertz CT molecular complexity index is 1430. The lowest BCUT2D eigenvalue weighted by Crippen LogP contribution is -2.30. The highest BCUT2D eigenvalue weighted by Crippen LogP contribution is 2.45. The van der Waals surface area contributed by atoms with Gasteiger partial charge in [0.15, 0.2) is 12.2 Å². The second-order valence-corrected chi connectivity index (χ2v) is 22.4. The van der Waals surface area contributed by atoms with Gasteiger partial charge in [-0.1, -0.05) is 202 Å². The van der Waals surface area contributed by atoms with Gasteiger partial charge >= 0.3 is 39.5 Å². The van der Waals surface area contributed by atoms with Gasteiger partial charge in [0.25, 0.3) is 0 Å². The van der Waals surface area contributed by atoms with Crippen molar-refractivity contribution < 1.29 is 80.2 Å². The number of carbonyl (C=O) groups is 4. The zero-order chi connectivity index (χ0) is 53.6. The number of ether oxygens (including phenoxy) is 4. The maximum atomic E-state index is 12.9. The molecule has 0 aromatic carbocycles. The van der Waals surface area contributed by atoms with E-state index in [-0.39, 0.29) is 25.7 Å². The van der Waals surface area contributed by atoms with Crippen LogP contribution in [-0.4, -0.2) is 96.7 Å². The van der Waals surface area contributed by atoms with Gasteiger partial charge in [0, 0.05) is 25.7 Å². The molecule has 426 valence electrons. The van der Waals surface area contributed by atoms with E-state index in [0.717, 1.165) is 115 Å². The number of esters is 4. The van der Waals surface area contributed by atoms with E-state index in [1.807, 2.05) is 0 Å². The third-order valence-corrected chi connectivity index (χ3v) is 14.3. The second-order valence-electron chi connectivity index (χ2n) is 19.5. The minimum Gasteiger partial charge on any atom is -0.462 e. The number of hydrogen-bond donors (Lipinski definition) is 3. The van der Waals surface area contributed by atoms with Crippen LogP contribution in [0.3, 0.4) is 0 Å². The number of phosphoric ester groups is 2. The van der Waals surface area contributed by atoms with Crippen LogP contribution in [0, 0.1) is 5.92 Å². The molecule has 17 nitrogen and oxygen atoms in total. The van der Waals surface area contributed by atoms with E-state index in [9.17, 15) is 43.2 Å². The molecule has 0 rings (SSSR count). The summed E-state index contributed by atoms with van der Waals surface area (Å²) in [6.45, 7) is 6.91. The first-order valence-corrected chi connectivity index (χ1v) is 31.2. The molecule has 0 radical (unpaired) electrons. The first-order valence-electron chi connectivity index (χ1n) is 28.2. The Balaban J connectivity index is 5.18. The average Bonchev–Trinajstić information content (AvgIpc) is 3.35. The van der Waals surface area contributed by atoms with Crippen molar-refractivity contribution in [1.29, 1.82) is 0 Å². The molecule has 3 N–H and O–H groups in total. The number of rotatable bonds is 53. The normalized spacial score (nSPS) is 14.9. The summed E-state index contributed by atoms with van der Waals surface area (Å²) in [4.78, 5) is 71.3. The molecular weight excluding hydrogens is 971 g/mol. The third kappa shape index (κ3) is 46.6. The Hall–Kier alpha value is -1.94. The minimum absolute atomic E-state index is 0.102. The van der Waals surface area contributed by atoms with Crippen LogP contribution in [0.5, 0.6) is 0 Å². The van der Waals surface area contributed by atoms with Crippen molar-refractivity contribution in [2.45, 2.75) is 271 Å². The molecule has 0 aromatic heterocycles. The largest absolute Gasteiger partial charge is 0.472 e. The van der Waals surface area contributed by atoms with E-state index in [1.54, 1.807) is 0 Å². The number of aliphatic hydroxyl groups is 1. The molecule has 6 atom stereocenters. The third-order valence-electron chi connectivity index (χ3n) is 12.4. The van der Waals surface area contributed by atoms with Crippen molar-refractivity contribution >= 4 is 39.5 Å². The number of carbonyl (C=O) groups excluding carboxylic acids is 4. The van der Waals surface area contributed by atoms with Crippen LogP contribution in [0.2, 0.25) is 0 Å². The summed E-state index contributed by atoms with van der Waals surface area (Å²) in [6.07, 6.45) is 27.1. The van der Waals surface area contributed by atoms with Crippen molar-refractivity contribution in [3.05, 3.63) is 0 Å². The van der Waals surface area contributed by atoms with Gasteiger partial charge in [-0.25, -0.2) is 9.13 Å². The average molecular weight is 1070 g/mol. The van der Waals surface area contributed by atoms with Crippen LogP contribution in [0.25, 0.3) is 0 Å². The molecule has 0 fully saturated rings. The van der Waals surface area contributed by atoms with Gasteiger partial charge in [0.2, 0.25) is 0 Å². The van der Waals surface area contributed by atoms with Crippen molar-refractivity contribution in [2.75, 3.05) is 39.6 Å². The van der Waals surface area contributed by atoms with Crippen LogP contribution >= 0.6 is 15.6 Å². The SMILES string of the molecule is CCCCCCCCCCCCC(=O)OC[C@H](COP(=O)(O)OC[C@@H](O)COP(=O)(O)OC[C@@H](COC(=O)CCCCCCC)OC(=O)CCCCCCCCC)OC(=O)CCCCCCCCC(C)CC. The number of hydrogen-bond acceptors (Lipinski definition) is 15. The monoisotopic (exact) mass is 1070 g/mol. The predicted octanol–water partition coefficient (Wildman–Crippen LogP) is 13.5. The summed E-state index contributed by atoms with van der Waals surface area (Å²) < 4.78 is 67.2. The van der Waals surface area contributed by atoms with Crippen LogP contribution in [0.4, 0.5) is 0 Å². The van der Waals surface area contributed by atoms with Gasteiger partial charge < -0.3 is 33.8 Å². The molecule has 0 spiro atoms. The van der Waals surface area contributed by atoms with Crippen molar-refractivity contribution in [3.8, 4) is 0 Å². The fourth-order valence-electron chi connectivity index (χ4n) is 7.61. The maximum Gasteiger partial charge on any atom is 0.472 e. The number of unbranched alkanes of at least 4 members (excludes halogenated alkanes) is 24. The van der Waals surface area contributed by atoms with Crippen LogP contribution in [0.15, 0.2) is 0 Å². The maximum absolute atomic E-state index is 12.9. The molecule has 19 heteroatoms. The minimum atomic E-state index is -4.93. The summed E-state index contributed by atoms with van der Waals surface area (Å²) in [5.74, 6) is -1.45. The molecule has 0 bridgehead atoms. The fraction of sp³-hybridized carbons (Fsp3) is 0.925. The van der Waals surface area contributed by atoms with E-state index < -0.39 is 97.5 Å². The van der Waals surface area contributed by atoms with Crippen LogP contribution in [-0.2, 0) is 65.4 Å². The highest BCUT2D eigenvalue weighted by molar-refractivity contribution is 7.47. The molecule has 0 saturated carbocycles. The Morgan fingerprint density at radius 1 is 0.389 bits per heavy atom. The molecule has 3 unspecified atom stereocenters. The zero-order valence-corrected chi connectivity index (χ0v) is 47.3. The second kappa shape index (κ2) is 47.5. The molecule has 0 aliphatic heterocycles. The fourth-order valence-corrected chi connectivity index (χ4v) is 9.18. The van der Waals surface area contributed by atoms with E-state index in [4.69, 9.17) is 37.0 Å². The van der Waals surface area contributed by atoms with E-state index >= 15 is 0 Å². The molecule has 0 heterocycles. The summed E-state index contributed by atoms with van der Waals surface area (Å²) in [6, 6.07) is 0. The Labute approximate surface area is 435 Å². The highest BCUT2D eigenvalue weighted by Gasteiger charge is 2.30. The Morgan fingerprint density at radius 2 is 0.667 bits per heavy atom. The standard InChI is InChI=1S/C53H102O17P2/c1-6-10-13-16-18-19-20-22-27-32-37-51(56)64-43-49(70-53(58)39-34-29-24-23-26-30-35-46(5)9-4)45-68-72(61,62)66-41-47(54)40-65-71(59,60)67-44-48(42-63-50(55)36-31-25-15-12-8-3)69-52(57)38-33-28-21-17-14-11-7-2/h46-49,54H,6-45H2,1-5H3,(H,59,60)(H,61,62)/t46?,47-,48+,49+/m0/s1. The number of aliphatic hydroxyl groups excluding tert-OH is 1. The smallest absolute Gasteiger partial charge is 0.462 e. The van der Waals surface area contributed by atoms with Crippen LogP contribution < -0.4 is 0 Å². The van der Waals surface area contributed by atoms with Crippen LogP contribution in [0.1, 0.15) is 253 Å². The zero-order valence-electron chi connectivity index (χ0n) is 45.5. The summed E-state index contributed by atoms with van der Waals surface area (Å²) in [7, 11) is -9.85. The molecule has 0 amide bonds. The van der Waals surface area contributed by atoms with E-state index in [1.165, 1.54) is 57.8 Å².